The van der Waals surface area contributed by atoms with E-state index < -0.39 is 0 Å². The molecule has 0 unspecified atom stereocenters. The highest BCUT2D eigenvalue weighted by molar-refractivity contribution is 5.89. The summed E-state index contributed by atoms with van der Waals surface area (Å²) >= 11 is 0. The van der Waals surface area contributed by atoms with E-state index in [0.29, 0.717) is 18.5 Å². The second kappa shape index (κ2) is 6.82. The normalized spacial score (nSPS) is 10.6. The van der Waals surface area contributed by atoms with E-state index in [2.05, 4.69) is 12.1 Å². The highest BCUT2D eigenvalue weighted by Gasteiger charge is 2.15. The minimum atomic E-state index is 0.0327. The van der Waals surface area contributed by atoms with Gasteiger partial charge >= 0.3 is 0 Å². The molecule has 25 heavy (non-hydrogen) atoms. The van der Waals surface area contributed by atoms with Gasteiger partial charge in [0.15, 0.2) is 0 Å². The van der Waals surface area contributed by atoms with Crippen LogP contribution in [0.25, 0.3) is 11.0 Å². The number of nitriles is 1. The highest BCUT2D eigenvalue weighted by atomic mass is 16.3. The maximum Gasteiger partial charge on any atom is 0.227 e. The second-order valence-corrected chi connectivity index (χ2v) is 6.38. The number of amides is 1. The summed E-state index contributed by atoms with van der Waals surface area (Å²) in [7, 11) is 1.79. The van der Waals surface area contributed by atoms with E-state index in [4.69, 9.17) is 9.68 Å². The number of rotatable bonds is 4. The molecule has 0 atom stereocenters. The van der Waals surface area contributed by atoms with Crippen molar-refractivity contribution in [3.8, 4) is 6.07 Å². The molecule has 0 N–H and O–H groups in total. The van der Waals surface area contributed by atoms with Crippen LogP contribution in [0.1, 0.15) is 27.8 Å². The standard InChI is InChI=1S/C21H20N2O2/c1-14-4-9-19-18(13-25-21(19)15(14)2)10-20(24)23(3)12-17-7-5-16(11-22)6-8-17/h4-9,13H,10,12H2,1-3H3. The average Bonchev–Trinajstić information content (AvgIpc) is 3.02. The third-order valence-electron chi connectivity index (χ3n) is 4.61. The summed E-state index contributed by atoms with van der Waals surface area (Å²) in [5, 5.41) is 9.85. The number of nitrogens with zero attached hydrogens (tertiary/aromatic N) is 2. The third kappa shape index (κ3) is 3.41. The molecule has 1 aromatic heterocycles. The summed E-state index contributed by atoms with van der Waals surface area (Å²) in [6.07, 6.45) is 1.99. The van der Waals surface area contributed by atoms with Crippen LogP contribution in [0.5, 0.6) is 0 Å². The Balaban J connectivity index is 1.73. The van der Waals surface area contributed by atoms with Crippen LogP contribution >= 0.6 is 0 Å². The van der Waals surface area contributed by atoms with Crippen LogP contribution in [0, 0.1) is 25.2 Å². The average molecular weight is 332 g/mol. The Morgan fingerprint density at radius 3 is 2.56 bits per heavy atom. The number of hydrogen-bond donors (Lipinski definition) is 0. The van der Waals surface area contributed by atoms with E-state index in [-0.39, 0.29) is 5.91 Å². The quantitative estimate of drug-likeness (QED) is 0.722. The molecule has 0 radical (unpaired) electrons. The number of benzene rings is 2. The fourth-order valence-corrected chi connectivity index (χ4v) is 2.87. The van der Waals surface area contributed by atoms with E-state index >= 15 is 0 Å². The zero-order chi connectivity index (χ0) is 18.0. The SMILES string of the molecule is Cc1ccc2c(CC(=O)N(C)Cc3ccc(C#N)cc3)coc2c1C. The van der Waals surface area contributed by atoms with Gasteiger partial charge in [0, 0.05) is 24.5 Å². The summed E-state index contributed by atoms with van der Waals surface area (Å²) in [4.78, 5) is 14.3. The van der Waals surface area contributed by atoms with Crippen LogP contribution in [0.3, 0.4) is 0 Å². The van der Waals surface area contributed by atoms with Crippen LogP contribution in [0.2, 0.25) is 0 Å². The topological polar surface area (TPSA) is 57.2 Å². The molecule has 126 valence electrons. The lowest BCUT2D eigenvalue weighted by atomic mass is 10.0. The van der Waals surface area contributed by atoms with Crippen molar-refractivity contribution in [1.29, 1.82) is 5.26 Å². The summed E-state index contributed by atoms with van der Waals surface area (Å²) in [5.41, 5.74) is 5.68. The van der Waals surface area contributed by atoms with Gasteiger partial charge in [0.05, 0.1) is 24.3 Å². The summed E-state index contributed by atoms with van der Waals surface area (Å²) < 4.78 is 5.68. The van der Waals surface area contributed by atoms with Crippen molar-refractivity contribution in [2.24, 2.45) is 0 Å². The molecule has 1 heterocycles. The minimum Gasteiger partial charge on any atom is -0.464 e. The Bertz CT molecular complexity index is 962. The van der Waals surface area contributed by atoms with Gasteiger partial charge in [0.25, 0.3) is 0 Å². The molecule has 4 nitrogen and oxygen atoms in total. The largest absolute Gasteiger partial charge is 0.464 e. The molecule has 0 aliphatic rings. The number of carbonyl (C=O) groups is 1. The molecular formula is C21H20N2O2. The van der Waals surface area contributed by atoms with E-state index in [1.807, 2.05) is 32.0 Å². The van der Waals surface area contributed by atoms with Gasteiger partial charge in [-0.3, -0.25) is 4.79 Å². The number of carbonyl (C=O) groups excluding carboxylic acids is 1. The highest BCUT2D eigenvalue weighted by Crippen LogP contribution is 2.27. The van der Waals surface area contributed by atoms with Crippen molar-refractivity contribution >= 4 is 16.9 Å². The predicted octanol–water partition coefficient (Wildman–Crippen LogP) is 4.12. The first-order valence-electron chi connectivity index (χ1n) is 8.19. The second-order valence-electron chi connectivity index (χ2n) is 6.38. The smallest absolute Gasteiger partial charge is 0.227 e. The molecule has 0 fully saturated rings. The Morgan fingerprint density at radius 1 is 1.16 bits per heavy atom. The molecule has 3 aromatic rings. The van der Waals surface area contributed by atoms with Gasteiger partial charge in [-0.2, -0.15) is 5.26 Å². The van der Waals surface area contributed by atoms with E-state index in [1.54, 1.807) is 30.3 Å². The predicted molar refractivity (Wildman–Crippen MR) is 97.0 cm³/mol. The monoisotopic (exact) mass is 332 g/mol. The van der Waals surface area contributed by atoms with E-state index in [9.17, 15) is 4.79 Å². The van der Waals surface area contributed by atoms with Gasteiger partial charge in [-0.1, -0.05) is 24.3 Å². The van der Waals surface area contributed by atoms with Crippen LogP contribution in [-0.4, -0.2) is 17.9 Å². The van der Waals surface area contributed by atoms with Crippen molar-refractivity contribution in [1.82, 2.24) is 4.90 Å². The van der Waals surface area contributed by atoms with Gasteiger partial charge in [0.2, 0.25) is 5.91 Å². The molecule has 0 spiro atoms. The molecule has 0 bridgehead atoms. The minimum absolute atomic E-state index is 0.0327. The molecule has 3 rings (SSSR count). The van der Waals surface area contributed by atoms with Gasteiger partial charge in [0.1, 0.15) is 5.58 Å². The Kier molecular flexibility index (Phi) is 4.58. The van der Waals surface area contributed by atoms with Crippen LogP contribution in [0.15, 0.2) is 47.1 Å². The number of aryl methyl sites for hydroxylation is 2. The number of likely N-dealkylation sites (N-methyl/N-ethyl adjacent to an activating group) is 1. The summed E-state index contributed by atoms with van der Waals surface area (Å²) in [6.45, 7) is 4.59. The fourth-order valence-electron chi connectivity index (χ4n) is 2.87. The summed E-state index contributed by atoms with van der Waals surface area (Å²) in [6, 6.07) is 13.5. The van der Waals surface area contributed by atoms with Gasteiger partial charge in [-0.15, -0.1) is 0 Å². The lowest BCUT2D eigenvalue weighted by molar-refractivity contribution is -0.129. The van der Waals surface area contributed by atoms with Crippen LogP contribution in [0.4, 0.5) is 0 Å². The zero-order valence-electron chi connectivity index (χ0n) is 14.7. The molecule has 1 amide bonds. The van der Waals surface area contributed by atoms with Crippen LogP contribution in [-0.2, 0) is 17.8 Å². The maximum atomic E-state index is 12.6. The molecule has 0 aliphatic carbocycles. The Labute approximate surface area is 147 Å². The van der Waals surface area contributed by atoms with Gasteiger partial charge in [-0.25, -0.2) is 0 Å². The molecule has 2 aromatic carbocycles. The first-order chi connectivity index (χ1) is 12.0. The number of furan rings is 1. The molecule has 0 aliphatic heterocycles. The van der Waals surface area contributed by atoms with Crippen molar-refractivity contribution < 1.29 is 9.21 Å². The van der Waals surface area contributed by atoms with Crippen molar-refractivity contribution in [3.05, 3.63) is 70.5 Å². The van der Waals surface area contributed by atoms with Crippen molar-refractivity contribution in [2.45, 2.75) is 26.8 Å². The van der Waals surface area contributed by atoms with E-state index in [1.165, 1.54) is 5.56 Å². The fraction of sp³-hybridized carbons (Fsp3) is 0.238. The van der Waals surface area contributed by atoms with E-state index in [0.717, 1.165) is 27.7 Å². The third-order valence-corrected chi connectivity index (χ3v) is 4.61. The van der Waals surface area contributed by atoms with Crippen LogP contribution < -0.4 is 0 Å². The molecule has 0 saturated carbocycles. The van der Waals surface area contributed by atoms with Gasteiger partial charge in [-0.05, 0) is 42.7 Å². The zero-order valence-corrected chi connectivity index (χ0v) is 14.7. The first kappa shape index (κ1) is 16.8. The number of hydrogen-bond acceptors (Lipinski definition) is 3. The number of fused-ring (bicyclic) bond motifs is 1. The van der Waals surface area contributed by atoms with Crippen molar-refractivity contribution in [3.63, 3.8) is 0 Å². The van der Waals surface area contributed by atoms with Crippen molar-refractivity contribution in [2.75, 3.05) is 7.05 Å². The lowest BCUT2D eigenvalue weighted by Gasteiger charge is -2.17. The maximum absolute atomic E-state index is 12.6. The summed E-state index contributed by atoms with van der Waals surface area (Å²) in [5.74, 6) is 0.0327. The Hall–Kier alpha value is -3.06. The first-order valence-corrected chi connectivity index (χ1v) is 8.19. The molecule has 4 heteroatoms. The lowest BCUT2D eigenvalue weighted by Crippen LogP contribution is -2.27. The Morgan fingerprint density at radius 2 is 1.88 bits per heavy atom. The van der Waals surface area contributed by atoms with Gasteiger partial charge < -0.3 is 9.32 Å². The molecular weight excluding hydrogens is 312 g/mol. The molecule has 0 saturated heterocycles.